The highest BCUT2D eigenvalue weighted by Crippen LogP contribution is 2.39. The Balaban J connectivity index is 1.34. The summed E-state index contributed by atoms with van der Waals surface area (Å²) in [7, 11) is 0. The van der Waals surface area contributed by atoms with Crippen molar-refractivity contribution in [2.45, 2.75) is 76.6 Å². The van der Waals surface area contributed by atoms with E-state index in [2.05, 4.69) is 23.5 Å². The summed E-state index contributed by atoms with van der Waals surface area (Å²) in [6.45, 7) is 0.584. The first kappa shape index (κ1) is 33.7. The van der Waals surface area contributed by atoms with Crippen molar-refractivity contribution < 1.29 is 34.4 Å². The molecule has 3 aromatic carbocycles. The number of aliphatic carboxylic acids is 1. The van der Waals surface area contributed by atoms with Crippen LogP contribution in [0.4, 0.5) is 0 Å². The first-order valence-electron chi connectivity index (χ1n) is 15.3. The smallest absolute Gasteiger partial charge is 0.303 e. The Kier molecular flexibility index (Phi) is 13.7. The fourth-order valence-electron chi connectivity index (χ4n) is 5.20. The Morgan fingerprint density at radius 1 is 0.818 bits per heavy atom. The van der Waals surface area contributed by atoms with E-state index in [0.717, 1.165) is 58.4 Å². The van der Waals surface area contributed by atoms with Crippen LogP contribution in [0.5, 0.6) is 0 Å². The quantitative estimate of drug-likeness (QED) is 0.132. The van der Waals surface area contributed by atoms with Crippen LogP contribution in [0.25, 0.3) is 11.1 Å². The molecular formula is C35H43NO7S. The second-order valence-electron chi connectivity index (χ2n) is 11.1. The van der Waals surface area contributed by atoms with E-state index in [1.165, 1.54) is 0 Å². The lowest BCUT2D eigenvalue weighted by molar-refractivity contribution is -0.245. The standard InChI is InChI=1S/C35H43NO7S/c37-18-19-44-24-31-21-32(28-12-10-25(23-38)11-13-28)43-35(42-31)29-16-14-27(15-17-29)30-7-5-6-26(20-30)22-36-33(39)8-3-1-2-4-9-34(40)41/h5-7,10-17,20,31-32,35,37-38H,1-4,8-9,18-19,21-24H2,(H,36,39)(H,40,41). The van der Waals surface area contributed by atoms with Gasteiger partial charge < -0.3 is 30.1 Å². The van der Waals surface area contributed by atoms with Crippen molar-refractivity contribution >= 4 is 23.6 Å². The lowest BCUT2D eigenvalue weighted by atomic mass is 9.99. The van der Waals surface area contributed by atoms with E-state index in [0.29, 0.717) is 31.6 Å². The Hall–Kier alpha value is -3.21. The normalized spacial score (nSPS) is 18.2. The number of carbonyl (C=O) groups is 2. The zero-order chi connectivity index (χ0) is 31.1. The van der Waals surface area contributed by atoms with E-state index < -0.39 is 12.3 Å². The van der Waals surface area contributed by atoms with Gasteiger partial charge in [-0.1, -0.05) is 79.6 Å². The summed E-state index contributed by atoms with van der Waals surface area (Å²) < 4.78 is 12.8. The number of aliphatic hydroxyl groups excluding tert-OH is 2. The number of amides is 1. The molecular weight excluding hydrogens is 578 g/mol. The Bertz CT molecular complexity index is 1320. The van der Waals surface area contributed by atoms with Gasteiger partial charge in [-0.2, -0.15) is 11.8 Å². The maximum Gasteiger partial charge on any atom is 0.303 e. The summed E-state index contributed by atoms with van der Waals surface area (Å²) in [5, 5.41) is 30.3. The number of carbonyl (C=O) groups excluding carboxylic acids is 1. The summed E-state index contributed by atoms with van der Waals surface area (Å²) in [5.41, 5.74) is 5.94. The second kappa shape index (κ2) is 17.9. The number of benzene rings is 3. The molecule has 0 aliphatic carbocycles. The SMILES string of the molecule is O=C(O)CCCCCCC(=O)NCc1cccc(-c2ccc(C3OC(CSCCO)CC(c4ccc(CO)cc4)O3)cc2)c1. The minimum atomic E-state index is -0.775. The topological polar surface area (TPSA) is 125 Å². The molecule has 4 N–H and O–H groups in total. The predicted molar refractivity (Wildman–Crippen MR) is 172 cm³/mol. The van der Waals surface area contributed by atoms with Gasteiger partial charge >= 0.3 is 5.97 Å². The third-order valence-electron chi connectivity index (χ3n) is 7.63. The Labute approximate surface area is 263 Å². The molecule has 3 unspecified atom stereocenters. The van der Waals surface area contributed by atoms with Crippen LogP contribution in [0.1, 0.15) is 79.6 Å². The highest BCUT2D eigenvalue weighted by Gasteiger charge is 2.32. The largest absolute Gasteiger partial charge is 0.481 e. The molecule has 1 saturated heterocycles. The van der Waals surface area contributed by atoms with Gasteiger partial charge in [-0.25, -0.2) is 0 Å². The fourth-order valence-corrected chi connectivity index (χ4v) is 5.97. The number of rotatable bonds is 17. The van der Waals surface area contributed by atoms with Gasteiger partial charge in [0.1, 0.15) is 0 Å². The minimum absolute atomic E-state index is 0.000672. The van der Waals surface area contributed by atoms with Crippen LogP contribution in [0.15, 0.2) is 72.8 Å². The number of hydrogen-bond acceptors (Lipinski definition) is 7. The van der Waals surface area contributed by atoms with E-state index in [1.807, 2.05) is 54.6 Å². The molecule has 236 valence electrons. The summed E-state index contributed by atoms with van der Waals surface area (Å²) in [6.07, 6.45) is 3.70. The molecule has 8 nitrogen and oxygen atoms in total. The molecule has 3 aromatic rings. The Morgan fingerprint density at radius 2 is 1.55 bits per heavy atom. The molecule has 0 radical (unpaired) electrons. The zero-order valence-corrected chi connectivity index (χ0v) is 25.8. The van der Waals surface area contributed by atoms with Crippen molar-refractivity contribution in [3.8, 4) is 11.1 Å². The highest BCUT2D eigenvalue weighted by atomic mass is 32.2. The monoisotopic (exact) mass is 621 g/mol. The van der Waals surface area contributed by atoms with E-state index in [9.17, 15) is 19.8 Å². The number of carboxylic acids is 1. The van der Waals surface area contributed by atoms with Crippen LogP contribution in [-0.4, -0.2) is 51.4 Å². The molecule has 1 amide bonds. The van der Waals surface area contributed by atoms with Crippen LogP contribution in [-0.2, 0) is 32.2 Å². The lowest BCUT2D eigenvalue weighted by Gasteiger charge is -2.36. The maximum atomic E-state index is 12.3. The maximum absolute atomic E-state index is 12.3. The van der Waals surface area contributed by atoms with Crippen molar-refractivity contribution in [2.75, 3.05) is 18.1 Å². The van der Waals surface area contributed by atoms with Gasteiger partial charge in [0.25, 0.3) is 0 Å². The molecule has 1 aliphatic heterocycles. The van der Waals surface area contributed by atoms with Gasteiger partial charge in [0, 0.05) is 42.9 Å². The number of nitrogens with one attached hydrogen (secondary N) is 1. The number of carboxylic acid groups (broad SMARTS) is 1. The third kappa shape index (κ3) is 10.7. The lowest BCUT2D eigenvalue weighted by Crippen LogP contribution is -2.31. The van der Waals surface area contributed by atoms with Crippen molar-refractivity contribution in [3.05, 3.63) is 95.1 Å². The predicted octanol–water partition coefficient (Wildman–Crippen LogP) is 6.16. The van der Waals surface area contributed by atoms with E-state index >= 15 is 0 Å². The first-order valence-corrected chi connectivity index (χ1v) is 16.5. The molecule has 1 fully saturated rings. The molecule has 0 bridgehead atoms. The Morgan fingerprint density at radius 3 is 2.25 bits per heavy atom. The molecule has 0 aromatic heterocycles. The van der Waals surface area contributed by atoms with Crippen LogP contribution in [0.2, 0.25) is 0 Å². The van der Waals surface area contributed by atoms with Crippen LogP contribution in [0.3, 0.4) is 0 Å². The number of hydrogen-bond donors (Lipinski definition) is 4. The van der Waals surface area contributed by atoms with Crippen LogP contribution < -0.4 is 5.32 Å². The van der Waals surface area contributed by atoms with Gasteiger partial charge in [0.15, 0.2) is 6.29 Å². The number of ether oxygens (including phenoxy) is 2. The van der Waals surface area contributed by atoms with E-state index in [1.54, 1.807) is 11.8 Å². The van der Waals surface area contributed by atoms with Gasteiger partial charge in [0.2, 0.25) is 5.91 Å². The van der Waals surface area contributed by atoms with E-state index in [4.69, 9.17) is 14.6 Å². The average Bonchev–Trinajstić information content (AvgIpc) is 3.05. The van der Waals surface area contributed by atoms with Crippen molar-refractivity contribution in [1.29, 1.82) is 0 Å². The average molecular weight is 622 g/mol. The zero-order valence-electron chi connectivity index (χ0n) is 25.0. The molecule has 0 spiro atoms. The van der Waals surface area contributed by atoms with Gasteiger partial charge in [-0.15, -0.1) is 0 Å². The summed E-state index contributed by atoms with van der Waals surface area (Å²) in [4.78, 5) is 22.9. The summed E-state index contributed by atoms with van der Waals surface area (Å²) >= 11 is 1.67. The molecule has 9 heteroatoms. The highest BCUT2D eigenvalue weighted by molar-refractivity contribution is 7.99. The van der Waals surface area contributed by atoms with E-state index in [-0.39, 0.29) is 37.7 Å². The van der Waals surface area contributed by atoms with Gasteiger partial charge in [0.05, 0.1) is 25.4 Å². The molecule has 4 rings (SSSR count). The minimum Gasteiger partial charge on any atom is -0.481 e. The molecule has 1 heterocycles. The molecule has 0 saturated carbocycles. The third-order valence-corrected chi connectivity index (χ3v) is 8.71. The van der Waals surface area contributed by atoms with Crippen LogP contribution >= 0.6 is 11.8 Å². The molecule has 1 aliphatic rings. The fraction of sp³-hybridized carbons (Fsp3) is 0.429. The second-order valence-corrected chi connectivity index (χ2v) is 12.2. The van der Waals surface area contributed by atoms with Gasteiger partial charge in [-0.3, -0.25) is 9.59 Å². The number of thioether (sulfide) groups is 1. The van der Waals surface area contributed by atoms with Crippen molar-refractivity contribution in [1.82, 2.24) is 5.32 Å². The molecule has 44 heavy (non-hydrogen) atoms. The van der Waals surface area contributed by atoms with Crippen LogP contribution in [0, 0.1) is 0 Å². The van der Waals surface area contributed by atoms with Crippen molar-refractivity contribution in [2.24, 2.45) is 0 Å². The number of aliphatic hydroxyl groups is 2. The van der Waals surface area contributed by atoms with Gasteiger partial charge in [-0.05, 0) is 46.7 Å². The first-order chi connectivity index (χ1) is 21.4. The summed E-state index contributed by atoms with van der Waals surface area (Å²) in [5.74, 6) is 0.651. The summed E-state index contributed by atoms with van der Waals surface area (Å²) in [6, 6.07) is 24.1. The molecule has 3 atom stereocenters. The number of unbranched alkanes of at least 4 members (excludes halogenated alkanes) is 3. The van der Waals surface area contributed by atoms with Crippen molar-refractivity contribution in [3.63, 3.8) is 0 Å².